The molecule has 110 valence electrons. The van der Waals surface area contributed by atoms with Gasteiger partial charge < -0.3 is 10.5 Å². The molecule has 2 aliphatic carbocycles. The Morgan fingerprint density at radius 2 is 2.11 bits per heavy atom. The molecule has 0 spiro atoms. The van der Waals surface area contributed by atoms with Crippen LogP contribution in [-0.4, -0.2) is 42.3 Å². The monoisotopic (exact) mass is 266 g/mol. The Hall–Kier alpha value is -0.120. The van der Waals surface area contributed by atoms with Gasteiger partial charge in [0.1, 0.15) is 0 Å². The lowest BCUT2D eigenvalue weighted by Crippen LogP contribution is -2.64. The predicted molar refractivity (Wildman–Crippen MR) is 78.0 cm³/mol. The fraction of sp³-hybridized carbons (Fsp3) is 1.00. The van der Waals surface area contributed by atoms with Gasteiger partial charge >= 0.3 is 0 Å². The zero-order valence-corrected chi connectivity index (χ0v) is 12.8. The van der Waals surface area contributed by atoms with Crippen LogP contribution in [0.25, 0.3) is 0 Å². The molecule has 4 atom stereocenters. The molecular weight excluding hydrogens is 236 g/mol. The van der Waals surface area contributed by atoms with E-state index in [1.807, 2.05) is 0 Å². The molecule has 3 aliphatic rings. The number of nitrogens with two attached hydrogens (primary N) is 1. The van der Waals surface area contributed by atoms with Gasteiger partial charge in [0.25, 0.3) is 0 Å². The van der Waals surface area contributed by atoms with Crippen molar-refractivity contribution in [3.63, 3.8) is 0 Å². The molecule has 19 heavy (non-hydrogen) atoms. The molecule has 0 aromatic rings. The van der Waals surface area contributed by atoms with Crippen LogP contribution in [0.15, 0.2) is 0 Å². The first-order chi connectivity index (χ1) is 8.98. The van der Waals surface area contributed by atoms with Gasteiger partial charge in [0.15, 0.2) is 0 Å². The summed E-state index contributed by atoms with van der Waals surface area (Å²) >= 11 is 0. The summed E-state index contributed by atoms with van der Waals surface area (Å²) in [5, 5.41) is 0. The first-order valence-corrected chi connectivity index (χ1v) is 8.07. The van der Waals surface area contributed by atoms with Crippen molar-refractivity contribution in [3.05, 3.63) is 0 Å². The van der Waals surface area contributed by atoms with Gasteiger partial charge in [-0.2, -0.15) is 0 Å². The van der Waals surface area contributed by atoms with E-state index >= 15 is 0 Å². The maximum absolute atomic E-state index is 6.31. The fourth-order valence-corrected chi connectivity index (χ4v) is 5.35. The molecule has 2 N–H and O–H groups in total. The Balaban J connectivity index is 1.89. The van der Waals surface area contributed by atoms with Crippen LogP contribution >= 0.6 is 0 Å². The van der Waals surface area contributed by atoms with Gasteiger partial charge in [-0.1, -0.05) is 20.8 Å². The zero-order chi connectivity index (χ0) is 13.7. The molecular formula is C16H30N2O. The summed E-state index contributed by atoms with van der Waals surface area (Å²) in [6, 6.07) is 0.633. The van der Waals surface area contributed by atoms with E-state index in [1.165, 1.54) is 32.1 Å². The number of hydrogen-bond donors (Lipinski definition) is 1. The predicted octanol–water partition coefficient (Wildman–Crippen LogP) is 2.39. The summed E-state index contributed by atoms with van der Waals surface area (Å²) in [6.07, 6.45) is 6.91. The number of rotatable bonds is 2. The zero-order valence-electron chi connectivity index (χ0n) is 12.8. The number of ether oxygens (including phenoxy) is 1. The Morgan fingerprint density at radius 1 is 1.32 bits per heavy atom. The third-order valence-corrected chi connectivity index (χ3v) is 5.97. The number of fused-ring (bicyclic) bond motifs is 1. The third kappa shape index (κ3) is 2.14. The molecule has 3 fully saturated rings. The first kappa shape index (κ1) is 13.8. The maximum atomic E-state index is 6.31. The molecule has 0 radical (unpaired) electrons. The standard InChI is InChI=1S/C16H30N2O/c1-12-9-15(2,3)10-16(12,11-17)18-7-8-19-14-6-4-5-13(14)18/h12-14H,4-11,17H2,1-3H3. The highest BCUT2D eigenvalue weighted by Gasteiger charge is 2.54. The third-order valence-electron chi connectivity index (χ3n) is 5.97. The highest BCUT2D eigenvalue weighted by atomic mass is 16.5. The summed E-state index contributed by atoms with van der Waals surface area (Å²) in [5.41, 5.74) is 6.97. The normalized spacial score (nSPS) is 46.4. The van der Waals surface area contributed by atoms with Crippen LogP contribution < -0.4 is 5.73 Å². The second-order valence-corrected chi connectivity index (χ2v) is 7.85. The van der Waals surface area contributed by atoms with E-state index in [0.717, 1.165) is 19.7 Å². The van der Waals surface area contributed by atoms with Crippen molar-refractivity contribution < 1.29 is 4.74 Å². The molecule has 1 saturated heterocycles. The summed E-state index contributed by atoms with van der Waals surface area (Å²) in [7, 11) is 0. The molecule has 0 bridgehead atoms. The average molecular weight is 266 g/mol. The molecule has 0 aromatic heterocycles. The molecule has 3 nitrogen and oxygen atoms in total. The summed E-state index contributed by atoms with van der Waals surface area (Å²) < 4.78 is 5.99. The van der Waals surface area contributed by atoms with Crippen LogP contribution in [0.1, 0.15) is 52.9 Å². The van der Waals surface area contributed by atoms with Crippen molar-refractivity contribution in [2.24, 2.45) is 17.1 Å². The minimum absolute atomic E-state index is 0.223. The van der Waals surface area contributed by atoms with Gasteiger partial charge in [-0.15, -0.1) is 0 Å². The van der Waals surface area contributed by atoms with Crippen LogP contribution in [0, 0.1) is 11.3 Å². The van der Waals surface area contributed by atoms with Gasteiger partial charge in [-0.05, 0) is 43.4 Å². The highest BCUT2D eigenvalue weighted by molar-refractivity contribution is 5.09. The van der Waals surface area contributed by atoms with E-state index in [1.54, 1.807) is 0 Å². The minimum Gasteiger partial charge on any atom is -0.375 e. The van der Waals surface area contributed by atoms with Crippen LogP contribution in [-0.2, 0) is 4.74 Å². The van der Waals surface area contributed by atoms with Crippen molar-refractivity contribution in [1.29, 1.82) is 0 Å². The van der Waals surface area contributed by atoms with Crippen molar-refractivity contribution in [2.75, 3.05) is 19.7 Å². The summed E-state index contributed by atoms with van der Waals surface area (Å²) in [5.74, 6) is 0.701. The van der Waals surface area contributed by atoms with Crippen LogP contribution in [0.3, 0.4) is 0 Å². The Bertz CT molecular complexity index is 344. The first-order valence-electron chi connectivity index (χ1n) is 8.07. The lowest BCUT2D eigenvalue weighted by molar-refractivity contribution is -0.107. The second-order valence-electron chi connectivity index (χ2n) is 7.85. The molecule has 3 heteroatoms. The molecule has 1 aliphatic heterocycles. The quantitative estimate of drug-likeness (QED) is 0.834. The average Bonchev–Trinajstić information content (AvgIpc) is 2.91. The van der Waals surface area contributed by atoms with Crippen molar-refractivity contribution >= 4 is 0 Å². The topological polar surface area (TPSA) is 38.5 Å². The molecule has 4 unspecified atom stereocenters. The lowest BCUT2D eigenvalue weighted by atomic mass is 9.82. The number of hydrogen-bond acceptors (Lipinski definition) is 3. The summed E-state index contributed by atoms with van der Waals surface area (Å²) in [6.45, 7) is 10.0. The second kappa shape index (κ2) is 4.71. The van der Waals surface area contributed by atoms with E-state index in [-0.39, 0.29) is 5.54 Å². The maximum Gasteiger partial charge on any atom is 0.0731 e. The summed E-state index contributed by atoms with van der Waals surface area (Å²) in [4.78, 5) is 2.77. The number of morpholine rings is 1. The van der Waals surface area contributed by atoms with E-state index in [2.05, 4.69) is 25.7 Å². The van der Waals surface area contributed by atoms with Gasteiger partial charge in [0.05, 0.1) is 12.7 Å². The van der Waals surface area contributed by atoms with Crippen LogP contribution in [0.2, 0.25) is 0 Å². The Morgan fingerprint density at radius 3 is 2.74 bits per heavy atom. The molecule has 0 amide bonds. The van der Waals surface area contributed by atoms with Gasteiger partial charge in [-0.25, -0.2) is 0 Å². The van der Waals surface area contributed by atoms with E-state index in [4.69, 9.17) is 10.5 Å². The largest absolute Gasteiger partial charge is 0.375 e. The van der Waals surface area contributed by atoms with Crippen molar-refractivity contribution in [1.82, 2.24) is 4.90 Å². The Labute approximate surface area is 117 Å². The molecule has 0 aromatic carbocycles. The van der Waals surface area contributed by atoms with E-state index in [9.17, 15) is 0 Å². The SMILES string of the molecule is CC1CC(C)(C)CC1(CN)N1CCOC2CCCC21. The van der Waals surface area contributed by atoms with Gasteiger partial charge in [0, 0.05) is 24.7 Å². The van der Waals surface area contributed by atoms with E-state index < -0.39 is 0 Å². The molecule has 1 heterocycles. The van der Waals surface area contributed by atoms with Crippen LogP contribution in [0.5, 0.6) is 0 Å². The van der Waals surface area contributed by atoms with Crippen molar-refractivity contribution in [2.45, 2.75) is 70.6 Å². The van der Waals surface area contributed by atoms with Gasteiger partial charge in [0.2, 0.25) is 0 Å². The minimum atomic E-state index is 0.223. The van der Waals surface area contributed by atoms with E-state index in [0.29, 0.717) is 23.5 Å². The number of nitrogens with zero attached hydrogens (tertiary/aromatic N) is 1. The van der Waals surface area contributed by atoms with Crippen LogP contribution in [0.4, 0.5) is 0 Å². The molecule has 2 saturated carbocycles. The van der Waals surface area contributed by atoms with Crippen molar-refractivity contribution in [3.8, 4) is 0 Å². The Kier molecular flexibility index (Phi) is 3.43. The lowest BCUT2D eigenvalue weighted by Gasteiger charge is -2.51. The smallest absolute Gasteiger partial charge is 0.0731 e. The molecule has 3 rings (SSSR count). The fourth-order valence-electron chi connectivity index (χ4n) is 5.35. The highest BCUT2D eigenvalue weighted by Crippen LogP contribution is 2.52. The van der Waals surface area contributed by atoms with Gasteiger partial charge in [-0.3, -0.25) is 4.90 Å².